The molecule has 0 fully saturated rings. The molecule has 0 aliphatic heterocycles. The van der Waals surface area contributed by atoms with E-state index in [0.717, 1.165) is 19.6 Å². The SMILES string of the molecule is CCN(CC)CCNC(=O)c1ccc(N)c(OC)c1. The highest BCUT2D eigenvalue weighted by Gasteiger charge is 2.08. The molecular formula is C14H23N3O2. The number of carbonyl (C=O) groups excluding carboxylic acids is 1. The summed E-state index contributed by atoms with van der Waals surface area (Å²) in [5.41, 5.74) is 6.80. The molecular weight excluding hydrogens is 242 g/mol. The first-order valence-corrected chi connectivity index (χ1v) is 6.56. The molecule has 0 heterocycles. The van der Waals surface area contributed by atoms with Crippen LogP contribution in [0.3, 0.4) is 0 Å². The van der Waals surface area contributed by atoms with Gasteiger partial charge in [0.25, 0.3) is 5.91 Å². The third kappa shape index (κ3) is 4.44. The van der Waals surface area contributed by atoms with Gasteiger partial charge in [-0.1, -0.05) is 13.8 Å². The molecule has 3 N–H and O–H groups in total. The maximum Gasteiger partial charge on any atom is 0.251 e. The number of nitrogens with one attached hydrogen (secondary N) is 1. The van der Waals surface area contributed by atoms with Crippen molar-refractivity contribution in [2.75, 3.05) is 39.0 Å². The van der Waals surface area contributed by atoms with Crippen molar-refractivity contribution in [2.24, 2.45) is 0 Å². The van der Waals surface area contributed by atoms with Crippen molar-refractivity contribution in [3.05, 3.63) is 23.8 Å². The first-order chi connectivity index (χ1) is 9.12. The number of anilines is 1. The minimum Gasteiger partial charge on any atom is -0.495 e. The van der Waals surface area contributed by atoms with Gasteiger partial charge >= 0.3 is 0 Å². The van der Waals surface area contributed by atoms with Gasteiger partial charge in [0.2, 0.25) is 0 Å². The number of rotatable bonds is 7. The summed E-state index contributed by atoms with van der Waals surface area (Å²) in [7, 11) is 1.54. The second-order valence-corrected chi connectivity index (χ2v) is 4.24. The minimum atomic E-state index is -0.106. The van der Waals surface area contributed by atoms with E-state index in [0.29, 0.717) is 23.5 Å². The van der Waals surface area contributed by atoms with E-state index in [1.54, 1.807) is 18.2 Å². The molecule has 106 valence electrons. The van der Waals surface area contributed by atoms with Crippen LogP contribution in [0.25, 0.3) is 0 Å². The number of likely N-dealkylation sites (N-methyl/N-ethyl adjacent to an activating group) is 1. The standard InChI is InChI=1S/C14H23N3O2/c1-4-17(5-2)9-8-16-14(18)11-6-7-12(15)13(10-11)19-3/h6-7,10H,4-5,8-9,15H2,1-3H3,(H,16,18). The number of nitrogen functional groups attached to an aromatic ring is 1. The molecule has 1 aromatic rings. The predicted molar refractivity (Wildman–Crippen MR) is 77.5 cm³/mol. The van der Waals surface area contributed by atoms with Gasteiger partial charge in [-0.25, -0.2) is 0 Å². The number of amides is 1. The third-order valence-corrected chi connectivity index (χ3v) is 3.10. The third-order valence-electron chi connectivity index (χ3n) is 3.10. The van der Waals surface area contributed by atoms with Gasteiger partial charge < -0.3 is 20.7 Å². The van der Waals surface area contributed by atoms with E-state index in [9.17, 15) is 4.79 Å². The van der Waals surface area contributed by atoms with Gasteiger partial charge in [-0.3, -0.25) is 4.79 Å². The van der Waals surface area contributed by atoms with Crippen molar-refractivity contribution in [3.8, 4) is 5.75 Å². The summed E-state index contributed by atoms with van der Waals surface area (Å²) >= 11 is 0. The molecule has 0 aliphatic rings. The molecule has 0 bridgehead atoms. The number of hydrogen-bond acceptors (Lipinski definition) is 4. The van der Waals surface area contributed by atoms with Crippen LogP contribution in [0.15, 0.2) is 18.2 Å². The maximum absolute atomic E-state index is 12.0. The molecule has 0 aliphatic carbocycles. The number of carbonyl (C=O) groups is 1. The highest BCUT2D eigenvalue weighted by atomic mass is 16.5. The van der Waals surface area contributed by atoms with Gasteiger partial charge in [-0.15, -0.1) is 0 Å². The zero-order chi connectivity index (χ0) is 14.3. The Morgan fingerprint density at radius 1 is 1.37 bits per heavy atom. The van der Waals surface area contributed by atoms with Crippen molar-refractivity contribution < 1.29 is 9.53 Å². The van der Waals surface area contributed by atoms with E-state index in [4.69, 9.17) is 10.5 Å². The Kier molecular flexibility index (Phi) is 6.15. The second-order valence-electron chi connectivity index (χ2n) is 4.24. The van der Waals surface area contributed by atoms with Crippen LogP contribution < -0.4 is 15.8 Å². The Hall–Kier alpha value is -1.75. The molecule has 5 nitrogen and oxygen atoms in total. The zero-order valence-corrected chi connectivity index (χ0v) is 11.9. The summed E-state index contributed by atoms with van der Waals surface area (Å²) < 4.78 is 5.10. The highest BCUT2D eigenvalue weighted by molar-refractivity contribution is 5.95. The summed E-state index contributed by atoms with van der Waals surface area (Å²) in [6.07, 6.45) is 0. The van der Waals surface area contributed by atoms with Crippen molar-refractivity contribution >= 4 is 11.6 Å². The molecule has 0 unspecified atom stereocenters. The fourth-order valence-electron chi connectivity index (χ4n) is 1.82. The number of ether oxygens (including phenoxy) is 1. The van der Waals surface area contributed by atoms with Crippen LogP contribution >= 0.6 is 0 Å². The smallest absolute Gasteiger partial charge is 0.251 e. The van der Waals surface area contributed by atoms with Gasteiger partial charge in [0.05, 0.1) is 12.8 Å². The molecule has 0 saturated heterocycles. The van der Waals surface area contributed by atoms with Crippen LogP contribution in [0.1, 0.15) is 24.2 Å². The summed E-state index contributed by atoms with van der Waals surface area (Å²) in [5, 5.41) is 2.89. The Labute approximate surface area is 114 Å². The molecule has 1 rings (SSSR count). The Balaban J connectivity index is 2.54. The molecule has 19 heavy (non-hydrogen) atoms. The van der Waals surface area contributed by atoms with Crippen molar-refractivity contribution in [2.45, 2.75) is 13.8 Å². The average molecular weight is 265 g/mol. The quantitative estimate of drug-likeness (QED) is 0.730. The van der Waals surface area contributed by atoms with Crippen LogP contribution in [0.4, 0.5) is 5.69 Å². The monoisotopic (exact) mass is 265 g/mol. The van der Waals surface area contributed by atoms with E-state index < -0.39 is 0 Å². The van der Waals surface area contributed by atoms with Crippen LogP contribution in [0.2, 0.25) is 0 Å². The molecule has 0 aromatic heterocycles. The first-order valence-electron chi connectivity index (χ1n) is 6.56. The molecule has 1 amide bonds. The normalized spacial score (nSPS) is 10.5. The lowest BCUT2D eigenvalue weighted by Crippen LogP contribution is -2.34. The van der Waals surface area contributed by atoms with Crippen LogP contribution in [-0.2, 0) is 0 Å². The lowest BCUT2D eigenvalue weighted by molar-refractivity contribution is 0.0948. The van der Waals surface area contributed by atoms with Gasteiger partial charge in [-0.05, 0) is 31.3 Å². The second kappa shape index (κ2) is 7.63. The molecule has 0 saturated carbocycles. The minimum absolute atomic E-state index is 0.106. The number of methoxy groups -OCH3 is 1. The molecule has 0 spiro atoms. The number of nitrogens with two attached hydrogens (primary N) is 1. The van der Waals surface area contributed by atoms with Crippen LogP contribution in [-0.4, -0.2) is 44.1 Å². The van der Waals surface area contributed by atoms with E-state index in [-0.39, 0.29) is 5.91 Å². The predicted octanol–water partition coefficient (Wildman–Crippen LogP) is 1.35. The highest BCUT2D eigenvalue weighted by Crippen LogP contribution is 2.21. The van der Waals surface area contributed by atoms with Crippen molar-refractivity contribution in [1.82, 2.24) is 10.2 Å². The molecule has 1 aromatic carbocycles. The van der Waals surface area contributed by atoms with Gasteiger partial charge in [0.1, 0.15) is 5.75 Å². The number of hydrogen-bond donors (Lipinski definition) is 2. The summed E-state index contributed by atoms with van der Waals surface area (Å²) in [5.74, 6) is 0.418. The zero-order valence-electron chi connectivity index (χ0n) is 11.9. The molecule has 0 radical (unpaired) electrons. The fourth-order valence-corrected chi connectivity index (χ4v) is 1.82. The van der Waals surface area contributed by atoms with Crippen molar-refractivity contribution in [1.29, 1.82) is 0 Å². The van der Waals surface area contributed by atoms with Gasteiger partial charge in [0.15, 0.2) is 0 Å². The van der Waals surface area contributed by atoms with E-state index in [1.165, 1.54) is 7.11 Å². The number of nitrogens with zero attached hydrogens (tertiary/aromatic N) is 1. The summed E-state index contributed by atoms with van der Waals surface area (Å²) in [4.78, 5) is 14.2. The van der Waals surface area contributed by atoms with Crippen LogP contribution in [0.5, 0.6) is 5.75 Å². The maximum atomic E-state index is 12.0. The fraction of sp³-hybridized carbons (Fsp3) is 0.500. The average Bonchev–Trinajstić information content (AvgIpc) is 2.44. The Bertz CT molecular complexity index is 417. The van der Waals surface area contributed by atoms with Gasteiger partial charge in [0, 0.05) is 18.7 Å². The lowest BCUT2D eigenvalue weighted by Gasteiger charge is -2.18. The first kappa shape index (κ1) is 15.3. The van der Waals surface area contributed by atoms with Crippen molar-refractivity contribution in [3.63, 3.8) is 0 Å². The van der Waals surface area contributed by atoms with E-state index in [1.807, 2.05) is 0 Å². The van der Waals surface area contributed by atoms with Gasteiger partial charge in [-0.2, -0.15) is 0 Å². The van der Waals surface area contributed by atoms with E-state index in [2.05, 4.69) is 24.1 Å². The van der Waals surface area contributed by atoms with Crippen LogP contribution in [0, 0.1) is 0 Å². The number of benzene rings is 1. The largest absolute Gasteiger partial charge is 0.495 e. The Morgan fingerprint density at radius 2 is 2.05 bits per heavy atom. The summed E-state index contributed by atoms with van der Waals surface area (Å²) in [6, 6.07) is 5.03. The lowest BCUT2D eigenvalue weighted by atomic mass is 10.2. The summed E-state index contributed by atoms with van der Waals surface area (Å²) in [6.45, 7) is 7.68. The van der Waals surface area contributed by atoms with E-state index >= 15 is 0 Å². The Morgan fingerprint density at radius 3 is 2.63 bits per heavy atom. The molecule has 0 atom stereocenters. The topological polar surface area (TPSA) is 67.6 Å². The molecule has 5 heteroatoms.